The van der Waals surface area contributed by atoms with Crippen molar-refractivity contribution in [1.82, 2.24) is 9.97 Å². The summed E-state index contributed by atoms with van der Waals surface area (Å²) in [6, 6.07) is 4.69. The molecule has 0 aliphatic carbocycles. The molecule has 21 heavy (non-hydrogen) atoms. The van der Waals surface area contributed by atoms with E-state index >= 15 is 0 Å². The molecule has 1 aromatic carbocycles. The monoisotopic (exact) mass is 297 g/mol. The molecule has 1 heterocycles. The van der Waals surface area contributed by atoms with Gasteiger partial charge in [-0.05, 0) is 18.2 Å². The molecule has 0 aliphatic rings. The average molecular weight is 297 g/mol. The van der Waals surface area contributed by atoms with Crippen molar-refractivity contribution in [3.05, 3.63) is 47.8 Å². The zero-order valence-corrected chi connectivity index (χ0v) is 10.5. The van der Waals surface area contributed by atoms with Gasteiger partial charge < -0.3 is 5.43 Å². The molecule has 0 atom stereocenters. The van der Waals surface area contributed by atoms with Crippen LogP contribution in [0, 0.1) is 0 Å². The van der Waals surface area contributed by atoms with Crippen LogP contribution < -0.4 is 16.6 Å². The van der Waals surface area contributed by atoms with Gasteiger partial charge in [0.1, 0.15) is 0 Å². The van der Waals surface area contributed by atoms with E-state index in [4.69, 9.17) is 5.84 Å². The van der Waals surface area contributed by atoms with Gasteiger partial charge >= 0.3 is 6.18 Å². The van der Waals surface area contributed by atoms with Gasteiger partial charge in [-0.2, -0.15) is 13.2 Å². The fourth-order valence-corrected chi connectivity index (χ4v) is 1.67. The Balaban J connectivity index is 2.38. The number of carbonyl (C=O) groups is 1. The number of hydrogen-bond donors (Lipinski definition) is 3. The highest BCUT2D eigenvalue weighted by Gasteiger charge is 2.35. The molecule has 0 saturated heterocycles. The van der Waals surface area contributed by atoms with Crippen molar-refractivity contribution < 1.29 is 18.0 Å². The summed E-state index contributed by atoms with van der Waals surface area (Å²) in [5.74, 6) is 4.29. The molecule has 2 aromatic rings. The first kappa shape index (κ1) is 14.7. The second-order valence-electron chi connectivity index (χ2n) is 3.90. The lowest BCUT2D eigenvalue weighted by Gasteiger charge is -2.15. The number of hydrazine groups is 1. The second kappa shape index (κ2) is 5.75. The predicted octanol–water partition coefficient (Wildman–Crippen LogP) is 2.03. The minimum atomic E-state index is -4.64. The second-order valence-corrected chi connectivity index (χ2v) is 3.90. The third kappa shape index (κ3) is 3.26. The van der Waals surface area contributed by atoms with Crippen molar-refractivity contribution in [2.75, 3.05) is 10.7 Å². The normalized spacial score (nSPS) is 11.0. The number of para-hydroxylation sites is 1. The van der Waals surface area contributed by atoms with Crippen LogP contribution in [0.4, 0.5) is 24.8 Å². The molecule has 0 saturated carbocycles. The van der Waals surface area contributed by atoms with Gasteiger partial charge in [0, 0.05) is 12.4 Å². The maximum atomic E-state index is 12.9. The lowest BCUT2D eigenvalue weighted by Crippen LogP contribution is -2.21. The lowest BCUT2D eigenvalue weighted by molar-refractivity contribution is -0.137. The third-order valence-electron chi connectivity index (χ3n) is 2.55. The molecule has 0 unspecified atom stereocenters. The third-order valence-corrected chi connectivity index (χ3v) is 2.55. The van der Waals surface area contributed by atoms with Crippen molar-refractivity contribution in [3.8, 4) is 0 Å². The molecule has 0 fully saturated rings. The molecule has 6 nitrogen and oxygen atoms in total. The highest BCUT2D eigenvalue weighted by atomic mass is 19.4. The van der Waals surface area contributed by atoms with Gasteiger partial charge in [0.15, 0.2) is 0 Å². The Morgan fingerprint density at radius 1 is 1.14 bits per heavy atom. The van der Waals surface area contributed by atoms with E-state index < -0.39 is 23.3 Å². The average Bonchev–Trinajstić information content (AvgIpc) is 2.46. The Bertz CT molecular complexity index is 645. The molecule has 0 spiro atoms. The number of rotatable bonds is 3. The van der Waals surface area contributed by atoms with E-state index in [0.29, 0.717) is 0 Å². The van der Waals surface area contributed by atoms with Crippen LogP contribution in [0.2, 0.25) is 0 Å². The lowest BCUT2D eigenvalue weighted by atomic mass is 10.1. The molecule has 110 valence electrons. The Morgan fingerprint density at radius 2 is 1.81 bits per heavy atom. The molecule has 0 radical (unpaired) electrons. The van der Waals surface area contributed by atoms with Crippen molar-refractivity contribution in [2.24, 2.45) is 5.84 Å². The van der Waals surface area contributed by atoms with E-state index in [0.717, 1.165) is 12.1 Å². The zero-order valence-electron chi connectivity index (χ0n) is 10.5. The molecular formula is C12H10F3N5O. The summed E-state index contributed by atoms with van der Waals surface area (Å²) in [5.41, 5.74) is 0.101. The van der Waals surface area contributed by atoms with Crippen molar-refractivity contribution >= 4 is 17.5 Å². The number of hydrogen-bond acceptors (Lipinski definition) is 5. The Labute approximate surface area is 117 Å². The fourth-order valence-electron chi connectivity index (χ4n) is 1.67. The standard InChI is InChI=1S/C12H10F3N5O/c13-12(14,15)8-4-1-3-7(9(8)20-16)10(21)19-11-17-5-2-6-18-11/h1-6,20H,16H2,(H,17,18,19,21). The summed E-state index contributed by atoms with van der Waals surface area (Å²) < 4.78 is 38.6. The number of nitrogen functional groups attached to an aromatic ring is 1. The summed E-state index contributed by atoms with van der Waals surface area (Å²) in [4.78, 5) is 19.5. The van der Waals surface area contributed by atoms with E-state index in [-0.39, 0.29) is 11.5 Å². The molecule has 0 bridgehead atoms. The van der Waals surface area contributed by atoms with Gasteiger partial charge in [0.05, 0.1) is 16.8 Å². The van der Waals surface area contributed by atoms with Crippen LogP contribution in [0.1, 0.15) is 15.9 Å². The van der Waals surface area contributed by atoms with E-state index in [9.17, 15) is 18.0 Å². The van der Waals surface area contributed by atoms with Gasteiger partial charge in [0.25, 0.3) is 5.91 Å². The zero-order chi connectivity index (χ0) is 15.5. The van der Waals surface area contributed by atoms with Gasteiger partial charge in [-0.3, -0.25) is 16.0 Å². The van der Waals surface area contributed by atoms with Gasteiger partial charge in [-0.25, -0.2) is 9.97 Å². The number of amides is 1. The first-order valence-corrected chi connectivity index (χ1v) is 5.68. The highest BCUT2D eigenvalue weighted by Crippen LogP contribution is 2.36. The largest absolute Gasteiger partial charge is 0.418 e. The fraction of sp³-hybridized carbons (Fsp3) is 0.0833. The SMILES string of the molecule is NNc1c(C(=O)Nc2ncccn2)cccc1C(F)(F)F. The molecule has 9 heteroatoms. The van der Waals surface area contributed by atoms with E-state index in [2.05, 4.69) is 15.3 Å². The van der Waals surface area contributed by atoms with Crippen molar-refractivity contribution in [3.63, 3.8) is 0 Å². The van der Waals surface area contributed by atoms with E-state index in [1.54, 1.807) is 0 Å². The summed E-state index contributed by atoms with van der Waals surface area (Å²) in [6.45, 7) is 0. The number of aromatic nitrogens is 2. The number of alkyl halides is 3. The highest BCUT2D eigenvalue weighted by molar-refractivity contribution is 6.07. The van der Waals surface area contributed by atoms with Crippen LogP contribution in [0.3, 0.4) is 0 Å². The van der Waals surface area contributed by atoms with Crippen LogP contribution in [-0.2, 0) is 6.18 Å². The molecule has 1 amide bonds. The van der Waals surface area contributed by atoms with Crippen LogP contribution in [0.5, 0.6) is 0 Å². The number of benzene rings is 1. The number of anilines is 2. The van der Waals surface area contributed by atoms with Crippen LogP contribution in [0.15, 0.2) is 36.7 Å². The van der Waals surface area contributed by atoms with E-state index in [1.165, 1.54) is 24.5 Å². The number of nitrogens with two attached hydrogens (primary N) is 1. The van der Waals surface area contributed by atoms with E-state index in [1.807, 2.05) is 5.43 Å². The van der Waals surface area contributed by atoms with Crippen LogP contribution in [0.25, 0.3) is 0 Å². The Kier molecular flexibility index (Phi) is 4.03. The summed E-state index contributed by atoms with van der Waals surface area (Å²) in [6.07, 6.45) is -1.87. The molecule has 0 aliphatic heterocycles. The van der Waals surface area contributed by atoms with Crippen molar-refractivity contribution in [2.45, 2.75) is 6.18 Å². The first-order chi connectivity index (χ1) is 9.93. The Hall–Kier alpha value is -2.68. The predicted molar refractivity (Wildman–Crippen MR) is 69.2 cm³/mol. The topological polar surface area (TPSA) is 92.9 Å². The summed E-state index contributed by atoms with van der Waals surface area (Å²) in [5, 5.41) is 2.29. The smallest absolute Gasteiger partial charge is 0.323 e. The van der Waals surface area contributed by atoms with Gasteiger partial charge in [-0.1, -0.05) is 6.07 Å². The number of carbonyl (C=O) groups excluding carboxylic acids is 1. The maximum Gasteiger partial charge on any atom is 0.418 e. The quantitative estimate of drug-likeness (QED) is 0.595. The Morgan fingerprint density at radius 3 is 2.38 bits per heavy atom. The minimum absolute atomic E-state index is 0.0251. The summed E-state index contributed by atoms with van der Waals surface area (Å²) in [7, 11) is 0. The first-order valence-electron chi connectivity index (χ1n) is 5.68. The number of nitrogens with zero attached hydrogens (tertiary/aromatic N) is 2. The number of nitrogens with one attached hydrogen (secondary N) is 2. The van der Waals surface area contributed by atoms with Crippen LogP contribution in [-0.4, -0.2) is 15.9 Å². The number of halogens is 3. The van der Waals surface area contributed by atoms with Crippen LogP contribution >= 0.6 is 0 Å². The maximum absolute atomic E-state index is 12.9. The van der Waals surface area contributed by atoms with Gasteiger partial charge in [-0.15, -0.1) is 0 Å². The van der Waals surface area contributed by atoms with Gasteiger partial charge in [0.2, 0.25) is 5.95 Å². The van der Waals surface area contributed by atoms with Crippen molar-refractivity contribution in [1.29, 1.82) is 0 Å². The molecule has 4 N–H and O–H groups in total. The molecular weight excluding hydrogens is 287 g/mol. The minimum Gasteiger partial charge on any atom is -0.323 e. The molecule has 1 aromatic heterocycles. The molecule has 2 rings (SSSR count). The summed E-state index contributed by atoms with van der Waals surface area (Å²) >= 11 is 0.